The standard InChI is InChI=1S/C7H7SSi/c1-5-6(8)3-2-4-7(5)9/h2-4,8H,1H3. The van der Waals surface area contributed by atoms with Crippen LogP contribution in [0.2, 0.25) is 0 Å². The molecule has 0 saturated heterocycles. The largest absolute Gasteiger partial charge is 0.143 e. The minimum absolute atomic E-state index is 1.03. The van der Waals surface area contributed by atoms with Crippen molar-refractivity contribution >= 4 is 28.1 Å². The summed E-state index contributed by atoms with van der Waals surface area (Å²) in [5.74, 6) is 0. The summed E-state index contributed by atoms with van der Waals surface area (Å²) in [5, 5.41) is 1.11. The Morgan fingerprint density at radius 3 is 2.56 bits per heavy atom. The molecule has 0 amide bonds. The third-order valence-electron chi connectivity index (χ3n) is 1.31. The summed E-state index contributed by atoms with van der Waals surface area (Å²) in [4.78, 5) is 1.03. The van der Waals surface area contributed by atoms with Gasteiger partial charge in [-0.05, 0) is 18.6 Å². The van der Waals surface area contributed by atoms with Gasteiger partial charge >= 0.3 is 0 Å². The first-order valence-corrected chi connectivity index (χ1v) is 3.66. The Morgan fingerprint density at radius 2 is 2.11 bits per heavy atom. The molecule has 0 N–H and O–H groups in total. The van der Waals surface area contributed by atoms with Crippen LogP contribution < -0.4 is 5.19 Å². The monoisotopic (exact) mass is 151 g/mol. The smallest absolute Gasteiger partial charge is 0.0716 e. The average molecular weight is 151 g/mol. The highest BCUT2D eigenvalue weighted by Crippen LogP contribution is 2.07. The van der Waals surface area contributed by atoms with Gasteiger partial charge in [-0.2, -0.15) is 0 Å². The summed E-state index contributed by atoms with van der Waals surface area (Å²) in [6, 6.07) is 5.95. The quantitative estimate of drug-likeness (QED) is 0.416. The highest BCUT2D eigenvalue weighted by Gasteiger charge is 1.92. The van der Waals surface area contributed by atoms with Crippen molar-refractivity contribution in [1.29, 1.82) is 0 Å². The maximum absolute atomic E-state index is 4.24. The van der Waals surface area contributed by atoms with Crippen molar-refractivity contribution in [3.63, 3.8) is 0 Å². The van der Waals surface area contributed by atoms with E-state index in [9.17, 15) is 0 Å². The third-order valence-corrected chi connectivity index (χ3v) is 2.33. The first-order chi connectivity index (χ1) is 4.22. The van der Waals surface area contributed by atoms with Gasteiger partial charge in [0, 0.05) is 4.90 Å². The van der Waals surface area contributed by atoms with Gasteiger partial charge in [-0.1, -0.05) is 17.3 Å². The highest BCUT2D eigenvalue weighted by molar-refractivity contribution is 7.80. The second-order valence-electron chi connectivity index (χ2n) is 1.95. The molecule has 0 fully saturated rings. The SMILES string of the molecule is Cc1c([Si])cccc1S. The molecule has 3 radical (unpaired) electrons. The van der Waals surface area contributed by atoms with Gasteiger partial charge in [0.2, 0.25) is 0 Å². The molecule has 0 unspecified atom stereocenters. The lowest BCUT2D eigenvalue weighted by molar-refractivity contribution is 1.34. The van der Waals surface area contributed by atoms with Crippen molar-refractivity contribution < 1.29 is 0 Å². The topological polar surface area (TPSA) is 0 Å². The van der Waals surface area contributed by atoms with Gasteiger partial charge in [-0.15, -0.1) is 12.6 Å². The van der Waals surface area contributed by atoms with Gasteiger partial charge in [-0.25, -0.2) is 0 Å². The Morgan fingerprint density at radius 1 is 1.44 bits per heavy atom. The van der Waals surface area contributed by atoms with Gasteiger partial charge < -0.3 is 0 Å². The molecule has 2 heteroatoms. The molecule has 0 aliphatic carbocycles. The fourth-order valence-electron chi connectivity index (χ4n) is 0.623. The maximum atomic E-state index is 4.24. The second kappa shape index (κ2) is 2.58. The first-order valence-electron chi connectivity index (χ1n) is 2.72. The van der Waals surface area contributed by atoms with Crippen molar-refractivity contribution in [3.8, 4) is 0 Å². The van der Waals surface area contributed by atoms with E-state index in [1.165, 1.54) is 5.56 Å². The number of thiol groups is 1. The van der Waals surface area contributed by atoms with Crippen LogP contribution in [0.15, 0.2) is 23.1 Å². The third kappa shape index (κ3) is 1.37. The zero-order valence-corrected chi connectivity index (χ0v) is 7.07. The molecular formula is C7H7SSi. The lowest BCUT2D eigenvalue weighted by Crippen LogP contribution is -2.06. The van der Waals surface area contributed by atoms with Crippen LogP contribution in [0.25, 0.3) is 0 Å². The fourth-order valence-corrected chi connectivity index (χ4v) is 1.17. The molecule has 0 saturated carbocycles. The number of rotatable bonds is 0. The Hall–Kier alpha value is -0.213. The summed E-state index contributed by atoms with van der Waals surface area (Å²) in [6.07, 6.45) is 0. The minimum atomic E-state index is 1.03. The van der Waals surface area contributed by atoms with Crippen LogP contribution in [0.3, 0.4) is 0 Å². The van der Waals surface area contributed by atoms with E-state index in [0.29, 0.717) is 0 Å². The van der Waals surface area contributed by atoms with Gasteiger partial charge in [0.05, 0.1) is 10.2 Å². The van der Waals surface area contributed by atoms with Crippen molar-refractivity contribution in [1.82, 2.24) is 0 Å². The molecule has 0 spiro atoms. The molecule has 0 nitrogen and oxygen atoms in total. The van der Waals surface area contributed by atoms with E-state index in [-0.39, 0.29) is 0 Å². The normalized spacial score (nSPS) is 9.67. The lowest BCUT2D eigenvalue weighted by Gasteiger charge is -1.99. The van der Waals surface area contributed by atoms with Crippen molar-refractivity contribution in [2.75, 3.05) is 0 Å². The van der Waals surface area contributed by atoms with Crippen molar-refractivity contribution in [2.45, 2.75) is 11.8 Å². The zero-order chi connectivity index (χ0) is 6.85. The Kier molecular flexibility index (Phi) is 1.98. The van der Waals surface area contributed by atoms with Crippen LogP contribution in [-0.2, 0) is 0 Å². The molecule has 45 valence electrons. The van der Waals surface area contributed by atoms with Crippen LogP contribution in [0.4, 0.5) is 0 Å². The van der Waals surface area contributed by atoms with Crippen LogP contribution in [0.1, 0.15) is 5.56 Å². The summed E-state index contributed by atoms with van der Waals surface area (Å²) in [5.41, 5.74) is 1.19. The Bertz CT molecular complexity index is 200. The predicted octanol–water partition coefficient (Wildman–Crippen LogP) is 1.08. The lowest BCUT2D eigenvalue weighted by atomic mass is 10.2. The van der Waals surface area contributed by atoms with Crippen molar-refractivity contribution in [3.05, 3.63) is 23.8 Å². The molecular weight excluding hydrogens is 144 g/mol. The minimum Gasteiger partial charge on any atom is -0.143 e. The van der Waals surface area contributed by atoms with E-state index >= 15 is 0 Å². The fraction of sp³-hybridized carbons (Fsp3) is 0.143. The highest BCUT2D eigenvalue weighted by atomic mass is 32.1. The van der Waals surface area contributed by atoms with E-state index in [1.54, 1.807) is 0 Å². The molecule has 0 aliphatic heterocycles. The van der Waals surface area contributed by atoms with E-state index in [4.69, 9.17) is 0 Å². The number of benzene rings is 1. The number of hydrogen-bond donors (Lipinski definition) is 1. The van der Waals surface area contributed by atoms with E-state index in [2.05, 4.69) is 22.9 Å². The van der Waals surface area contributed by atoms with E-state index in [0.717, 1.165) is 10.1 Å². The molecule has 1 aromatic rings. The van der Waals surface area contributed by atoms with Gasteiger partial charge in [-0.3, -0.25) is 0 Å². The van der Waals surface area contributed by atoms with Gasteiger partial charge in [0.1, 0.15) is 0 Å². The van der Waals surface area contributed by atoms with Crippen LogP contribution in [0, 0.1) is 6.92 Å². The van der Waals surface area contributed by atoms with Gasteiger partial charge in [0.15, 0.2) is 0 Å². The molecule has 0 atom stereocenters. The molecule has 9 heavy (non-hydrogen) atoms. The van der Waals surface area contributed by atoms with E-state index in [1.807, 2.05) is 25.1 Å². The van der Waals surface area contributed by atoms with Gasteiger partial charge in [0.25, 0.3) is 0 Å². The molecule has 0 heterocycles. The zero-order valence-electron chi connectivity index (χ0n) is 5.18. The molecule has 1 aromatic carbocycles. The molecule has 0 bridgehead atoms. The molecule has 0 aliphatic rings. The van der Waals surface area contributed by atoms with Crippen LogP contribution >= 0.6 is 12.6 Å². The summed E-state index contributed by atoms with van der Waals surface area (Å²) >= 11 is 4.24. The van der Waals surface area contributed by atoms with E-state index < -0.39 is 0 Å². The summed E-state index contributed by atoms with van der Waals surface area (Å²) in [7, 11) is 3.45. The number of hydrogen-bond acceptors (Lipinski definition) is 1. The second-order valence-corrected chi connectivity index (χ2v) is 2.97. The Labute approximate surface area is 64.1 Å². The average Bonchev–Trinajstić information content (AvgIpc) is 1.83. The van der Waals surface area contributed by atoms with Crippen LogP contribution in [0.5, 0.6) is 0 Å². The summed E-state index contributed by atoms with van der Waals surface area (Å²) < 4.78 is 0. The van der Waals surface area contributed by atoms with Crippen molar-refractivity contribution in [2.24, 2.45) is 0 Å². The Balaban J connectivity index is 3.25. The van der Waals surface area contributed by atoms with Crippen LogP contribution in [-0.4, -0.2) is 10.2 Å². The molecule has 0 aromatic heterocycles. The summed E-state index contributed by atoms with van der Waals surface area (Å²) in [6.45, 7) is 2.03. The predicted molar refractivity (Wildman–Crippen MR) is 43.8 cm³/mol. The maximum Gasteiger partial charge on any atom is 0.0716 e. The first kappa shape index (κ1) is 6.90. The molecule has 1 rings (SSSR count).